The molecule has 5 atom stereocenters. The Hall–Kier alpha value is -0.730. The van der Waals surface area contributed by atoms with Gasteiger partial charge >= 0.3 is 5.97 Å². The van der Waals surface area contributed by atoms with Crippen LogP contribution >= 0.6 is 0 Å². The van der Waals surface area contributed by atoms with Crippen LogP contribution in [0.15, 0.2) is 0 Å². The molecule has 0 bridgehead atoms. The van der Waals surface area contributed by atoms with Crippen molar-refractivity contribution in [1.29, 1.82) is 0 Å². The molecule has 2 fully saturated rings. The third kappa shape index (κ3) is 2.10. The van der Waals surface area contributed by atoms with E-state index < -0.39 is 46.6 Å². The fourth-order valence-electron chi connectivity index (χ4n) is 4.02. The highest BCUT2D eigenvalue weighted by atomic mass is 16.9. The summed E-state index contributed by atoms with van der Waals surface area (Å²) in [5, 5.41) is 20.4. The number of hydrogen-bond donors (Lipinski definition) is 2. The number of esters is 1. The number of carbonyl (C=O) groups excluding carboxylic acids is 1. The molecule has 0 aliphatic carbocycles. The largest absolute Gasteiger partial charge is 0.453 e. The third-order valence-electron chi connectivity index (χ3n) is 5.66. The van der Waals surface area contributed by atoms with E-state index in [1.807, 2.05) is 0 Å². The molecule has 23 heavy (non-hydrogen) atoms. The molecule has 0 amide bonds. The van der Waals surface area contributed by atoms with Gasteiger partial charge in [-0.3, -0.25) is 4.79 Å². The van der Waals surface area contributed by atoms with Crippen LogP contribution in [0.5, 0.6) is 0 Å². The van der Waals surface area contributed by atoms with Crippen molar-refractivity contribution in [2.24, 2.45) is 0 Å². The smallest absolute Gasteiger partial charge is 0.303 e. The number of fused-ring (bicyclic) bond motifs is 1. The highest BCUT2D eigenvalue weighted by Gasteiger charge is 2.84. The van der Waals surface area contributed by atoms with Crippen LogP contribution in [0.25, 0.3) is 0 Å². The van der Waals surface area contributed by atoms with Gasteiger partial charge in [-0.05, 0) is 48.5 Å². The van der Waals surface area contributed by atoms with E-state index in [-0.39, 0.29) is 0 Å². The van der Waals surface area contributed by atoms with Crippen LogP contribution < -0.4 is 0 Å². The van der Waals surface area contributed by atoms with Gasteiger partial charge in [0.2, 0.25) is 5.79 Å². The van der Waals surface area contributed by atoms with E-state index >= 15 is 0 Å². The fraction of sp³-hybridized carbons (Fsp3) is 0.938. The van der Waals surface area contributed by atoms with E-state index in [1.165, 1.54) is 13.8 Å². The summed E-state index contributed by atoms with van der Waals surface area (Å²) in [6.07, 6.45) is 0. The molecule has 2 heterocycles. The molecule has 0 saturated carbocycles. The van der Waals surface area contributed by atoms with Crippen molar-refractivity contribution < 1.29 is 34.0 Å². The zero-order valence-corrected chi connectivity index (χ0v) is 15.1. The van der Waals surface area contributed by atoms with Crippen LogP contribution in [0.1, 0.15) is 55.4 Å². The normalized spacial score (nSPS) is 47.9. The maximum absolute atomic E-state index is 11.8. The third-order valence-corrected chi connectivity index (χ3v) is 5.66. The predicted molar refractivity (Wildman–Crippen MR) is 80.4 cm³/mol. The summed E-state index contributed by atoms with van der Waals surface area (Å²) in [6, 6.07) is 0. The lowest BCUT2D eigenvalue weighted by molar-refractivity contribution is -0.322. The van der Waals surface area contributed by atoms with Gasteiger partial charge < -0.3 is 29.2 Å². The highest BCUT2D eigenvalue weighted by Crippen LogP contribution is 2.64. The lowest BCUT2D eigenvalue weighted by Crippen LogP contribution is -2.70. The molecular formula is C16H28O7. The van der Waals surface area contributed by atoms with Gasteiger partial charge in [0.15, 0.2) is 17.0 Å². The van der Waals surface area contributed by atoms with Gasteiger partial charge in [0, 0.05) is 6.92 Å². The summed E-state index contributed by atoms with van der Waals surface area (Å²) in [5.74, 6) is -2.79. The van der Waals surface area contributed by atoms with E-state index in [4.69, 9.17) is 18.9 Å². The van der Waals surface area contributed by atoms with Crippen molar-refractivity contribution in [3.63, 3.8) is 0 Å². The van der Waals surface area contributed by atoms with Crippen LogP contribution in [0.4, 0.5) is 0 Å². The van der Waals surface area contributed by atoms with E-state index in [2.05, 4.69) is 0 Å². The Bertz CT molecular complexity index is 531. The zero-order chi connectivity index (χ0) is 18.1. The lowest BCUT2D eigenvalue weighted by Gasteiger charge is -2.50. The molecule has 2 N–H and O–H groups in total. The first-order chi connectivity index (χ1) is 10.1. The molecule has 2 aliphatic rings. The molecule has 2 aliphatic heterocycles. The van der Waals surface area contributed by atoms with Crippen molar-refractivity contribution in [1.82, 2.24) is 0 Å². The first-order valence-electron chi connectivity index (χ1n) is 7.73. The Morgan fingerprint density at radius 3 is 2.04 bits per heavy atom. The predicted octanol–water partition coefficient (Wildman–Crippen LogP) is 1.10. The number of hydrogen-bond acceptors (Lipinski definition) is 7. The number of carbonyl (C=O) groups is 1. The Kier molecular flexibility index (Phi) is 3.78. The van der Waals surface area contributed by atoms with Gasteiger partial charge in [-0.2, -0.15) is 0 Å². The van der Waals surface area contributed by atoms with Gasteiger partial charge in [-0.15, -0.1) is 0 Å². The van der Waals surface area contributed by atoms with E-state index in [1.54, 1.807) is 41.5 Å². The first-order valence-corrected chi connectivity index (χ1v) is 7.73. The van der Waals surface area contributed by atoms with Crippen molar-refractivity contribution >= 4 is 5.97 Å². The van der Waals surface area contributed by atoms with Crippen LogP contribution in [0, 0.1) is 0 Å². The summed E-state index contributed by atoms with van der Waals surface area (Å²) >= 11 is 0. The molecule has 2 saturated heterocycles. The van der Waals surface area contributed by atoms with E-state index in [0.29, 0.717) is 0 Å². The first kappa shape index (κ1) is 18.6. The number of ether oxygens (including phenoxy) is 4. The van der Waals surface area contributed by atoms with Gasteiger partial charge in [0.1, 0.15) is 11.2 Å². The fourth-order valence-corrected chi connectivity index (χ4v) is 4.02. The highest BCUT2D eigenvalue weighted by molar-refractivity contribution is 5.67. The maximum Gasteiger partial charge on any atom is 0.303 e. The number of aliphatic hydroxyl groups is 2. The minimum absolute atomic E-state index is 0.546. The minimum Gasteiger partial charge on any atom is -0.453 e. The van der Waals surface area contributed by atoms with Gasteiger partial charge in [-0.1, -0.05) is 0 Å². The molecule has 7 heteroatoms. The molecule has 0 radical (unpaired) electrons. The summed E-state index contributed by atoms with van der Waals surface area (Å²) in [7, 11) is 0. The van der Waals surface area contributed by atoms with Crippen molar-refractivity contribution in [3.05, 3.63) is 0 Å². The van der Waals surface area contributed by atoms with Crippen LogP contribution in [-0.2, 0) is 23.7 Å². The topological polar surface area (TPSA) is 94.5 Å². The zero-order valence-electron chi connectivity index (χ0n) is 15.1. The Morgan fingerprint density at radius 2 is 1.61 bits per heavy atom. The second-order valence-electron chi connectivity index (χ2n) is 7.78. The average molecular weight is 332 g/mol. The molecule has 134 valence electrons. The second kappa shape index (κ2) is 4.67. The van der Waals surface area contributed by atoms with Crippen molar-refractivity contribution in [2.75, 3.05) is 6.61 Å². The molecule has 2 rings (SSSR count). The van der Waals surface area contributed by atoms with Gasteiger partial charge in [0.05, 0.1) is 6.61 Å². The molecule has 0 spiro atoms. The quantitative estimate of drug-likeness (QED) is 0.747. The Morgan fingerprint density at radius 1 is 1.09 bits per heavy atom. The molecular weight excluding hydrogens is 304 g/mol. The number of rotatable bonds is 3. The minimum atomic E-state index is -1.70. The molecule has 7 nitrogen and oxygen atoms in total. The second-order valence-corrected chi connectivity index (χ2v) is 7.78. The van der Waals surface area contributed by atoms with Crippen LogP contribution in [0.3, 0.4) is 0 Å². The lowest BCUT2D eigenvalue weighted by atomic mass is 9.67. The SMILES string of the molecule is CC(=O)O[C@@]1(C)[C@@]2(C)OC(C)(C)O[C@@]2(C)O[C@@]1(C)[C@](C)(O)CO. The van der Waals surface area contributed by atoms with Crippen LogP contribution in [-0.4, -0.2) is 56.8 Å². The summed E-state index contributed by atoms with van der Waals surface area (Å²) in [6.45, 7) is 12.2. The molecule has 0 aromatic heterocycles. The Balaban J connectivity index is 2.69. The summed E-state index contributed by atoms with van der Waals surface area (Å²) in [5.41, 5.74) is -5.80. The van der Waals surface area contributed by atoms with Crippen molar-refractivity contribution in [3.8, 4) is 0 Å². The van der Waals surface area contributed by atoms with Crippen LogP contribution in [0.2, 0.25) is 0 Å². The molecule has 0 aromatic carbocycles. The average Bonchev–Trinajstić information content (AvgIpc) is 2.59. The molecule has 0 unspecified atom stereocenters. The Labute approximate surface area is 136 Å². The van der Waals surface area contributed by atoms with Gasteiger partial charge in [-0.25, -0.2) is 0 Å². The summed E-state index contributed by atoms with van der Waals surface area (Å²) in [4.78, 5) is 11.8. The standard InChI is InChI=1S/C16H28O7/c1-10(18)20-14(6)13(5,12(4,19)9-17)23-16(8)15(14,7)21-11(2,3)22-16/h17,19H,9H2,1-8H3/t12-,13+,14-,15-,16+/m1/s1. The maximum atomic E-state index is 11.8. The number of aliphatic hydroxyl groups excluding tert-OH is 1. The van der Waals surface area contributed by atoms with E-state index in [0.717, 1.165) is 0 Å². The van der Waals surface area contributed by atoms with Crippen molar-refractivity contribution in [2.45, 2.75) is 89.4 Å². The van der Waals surface area contributed by atoms with Gasteiger partial charge in [0.25, 0.3) is 0 Å². The summed E-state index contributed by atoms with van der Waals surface area (Å²) < 4.78 is 23.8. The molecule has 0 aromatic rings. The monoisotopic (exact) mass is 332 g/mol. The van der Waals surface area contributed by atoms with E-state index in [9.17, 15) is 15.0 Å².